The van der Waals surface area contributed by atoms with Gasteiger partial charge in [0.25, 0.3) is 0 Å². The van der Waals surface area contributed by atoms with Crippen LogP contribution in [-0.2, 0) is 16.6 Å². The molecule has 1 aromatic carbocycles. The molecule has 1 fully saturated rings. The van der Waals surface area contributed by atoms with E-state index in [2.05, 4.69) is 22.1 Å². The lowest BCUT2D eigenvalue weighted by Gasteiger charge is -2.20. The fourth-order valence-corrected chi connectivity index (χ4v) is 3.94. The third-order valence-corrected chi connectivity index (χ3v) is 5.50. The predicted molar refractivity (Wildman–Crippen MR) is 113 cm³/mol. The van der Waals surface area contributed by atoms with Gasteiger partial charge in [-0.25, -0.2) is 0 Å². The van der Waals surface area contributed by atoms with Gasteiger partial charge in [0, 0.05) is 34.9 Å². The molecule has 0 aromatic heterocycles. The topological polar surface area (TPSA) is 70.7 Å². The normalized spacial score (nSPS) is 19.7. The van der Waals surface area contributed by atoms with Crippen LogP contribution in [0.15, 0.2) is 35.3 Å². The number of hydrogen-bond donors (Lipinski definition) is 2. The Hall–Kier alpha value is -0.670. The van der Waals surface area contributed by atoms with Crippen molar-refractivity contribution in [2.24, 2.45) is 10.7 Å². The number of halogens is 1. The first-order valence-electron chi connectivity index (χ1n) is 8.35. The van der Waals surface area contributed by atoms with Gasteiger partial charge in [-0.1, -0.05) is 37.3 Å². The standard InChI is InChI=1S/C17H28N4OS.HI/c1-2-21-11-6-9-16(21)13-20-17(18)19-10-12-23(22)14-15-7-4-3-5-8-15;/h3-5,7-8,16H,2,6,9-14H2,1H3,(H3,18,19,20);1H. The van der Waals surface area contributed by atoms with Crippen molar-refractivity contribution in [3.8, 4) is 0 Å². The van der Waals surface area contributed by atoms with Crippen molar-refractivity contribution in [3.05, 3.63) is 35.9 Å². The van der Waals surface area contributed by atoms with E-state index in [0.29, 0.717) is 30.1 Å². The van der Waals surface area contributed by atoms with Gasteiger partial charge in [-0.2, -0.15) is 0 Å². The van der Waals surface area contributed by atoms with Crippen molar-refractivity contribution in [1.82, 2.24) is 10.2 Å². The molecule has 2 atom stereocenters. The zero-order valence-electron chi connectivity index (χ0n) is 14.3. The summed E-state index contributed by atoms with van der Waals surface area (Å²) >= 11 is 0. The quantitative estimate of drug-likeness (QED) is 0.351. The smallest absolute Gasteiger partial charge is 0.188 e. The minimum Gasteiger partial charge on any atom is -0.370 e. The lowest BCUT2D eigenvalue weighted by atomic mass is 10.2. The summed E-state index contributed by atoms with van der Waals surface area (Å²) in [7, 11) is -0.882. The van der Waals surface area contributed by atoms with Gasteiger partial charge < -0.3 is 11.1 Å². The van der Waals surface area contributed by atoms with Crippen LogP contribution in [-0.4, -0.2) is 53.0 Å². The Kier molecular flexibility index (Phi) is 10.5. The second kappa shape index (κ2) is 11.8. The summed E-state index contributed by atoms with van der Waals surface area (Å²) in [6, 6.07) is 10.4. The lowest BCUT2D eigenvalue weighted by molar-refractivity contribution is 0.273. The number of nitrogens with zero attached hydrogens (tertiary/aromatic N) is 2. The van der Waals surface area contributed by atoms with E-state index in [1.807, 2.05) is 30.3 Å². The number of benzene rings is 1. The second-order valence-electron chi connectivity index (χ2n) is 5.85. The number of guanidine groups is 1. The van der Waals surface area contributed by atoms with Crippen LogP contribution in [0.5, 0.6) is 0 Å². The Morgan fingerprint density at radius 3 is 2.88 bits per heavy atom. The number of aliphatic imine (C=N–C) groups is 1. The number of nitrogens with one attached hydrogen (secondary N) is 1. The number of nitrogens with two attached hydrogens (primary N) is 1. The van der Waals surface area contributed by atoms with Gasteiger partial charge in [0.2, 0.25) is 0 Å². The minimum absolute atomic E-state index is 0. The van der Waals surface area contributed by atoms with Gasteiger partial charge in [0.15, 0.2) is 5.96 Å². The number of rotatable bonds is 8. The van der Waals surface area contributed by atoms with Crippen molar-refractivity contribution in [1.29, 1.82) is 0 Å². The van der Waals surface area contributed by atoms with E-state index in [1.54, 1.807) is 0 Å². The van der Waals surface area contributed by atoms with Crippen LogP contribution < -0.4 is 11.1 Å². The number of hydrogen-bond acceptors (Lipinski definition) is 3. The monoisotopic (exact) mass is 464 g/mol. The van der Waals surface area contributed by atoms with Gasteiger partial charge in [-0.05, 0) is 31.5 Å². The van der Waals surface area contributed by atoms with Gasteiger partial charge in [0.1, 0.15) is 0 Å². The maximum atomic E-state index is 12.0. The Bertz CT molecular complexity index is 527. The van der Waals surface area contributed by atoms with Crippen LogP contribution in [0.2, 0.25) is 0 Å². The van der Waals surface area contributed by atoms with Crippen LogP contribution in [0.3, 0.4) is 0 Å². The second-order valence-corrected chi connectivity index (χ2v) is 7.43. The molecule has 1 aromatic rings. The Labute approximate surface area is 165 Å². The molecule has 0 spiro atoms. The summed E-state index contributed by atoms with van der Waals surface area (Å²) in [6.07, 6.45) is 2.45. The molecule has 1 saturated heterocycles. The molecule has 7 heteroatoms. The molecule has 0 saturated carbocycles. The van der Waals surface area contributed by atoms with Crippen LogP contribution in [0.25, 0.3) is 0 Å². The molecule has 136 valence electrons. The summed E-state index contributed by atoms with van der Waals surface area (Å²) < 4.78 is 12.0. The fraction of sp³-hybridized carbons (Fsp3) is 0.588. The third-order valence-electron chi connectivity index (χ3n) is 4.18. The van der Waals surface area contributed by atoms with E-state index in [9.17, 15) is 4.21 Å². The summed E-state index contributed by atoms with van der Waals surface area (Å²) in [4.78, 5) is 6.88. The number of likely N-dealkylation sites (tertiary alicyclic amines) is 1. The zero-order valence-corrected chi connectivity index (χ0v) is 17.5. The first-order chi connectivity index (χ1) is 11.2. The Morgan fingerprint density at radius 2 is 2.17 bits per heavy atom. The maximum absolute atomic E-state index is 12.0. The summed E-state index contributed by atoms with van der Waals surface area (Å²) in [5.41, 5.74) is 7.00. The SMILES string of the molecule is CCN1CCCC1CN=C(N)NCCS(=O)Cc1ccccc1.I. The molecule has 1 aliphatic heterocycles. The molecule has 0 radical (unpaired) electrons. The van der Waals surface area contributed by atoms with Gasteiger partial charge in [-0.3, -0.25) is 14.1 Å². The lowest BCUT2D eigenvalue weighted by Crippen LogP contribution is -2.37. The fourth-order valence-electron chi connectivity index (χ4n) is 2.90. The number of likely N-dealkylation sites (N-methyl/N-ethyl adjacent to an activating group) is 1. The molecular weight excluding hydrogens is 435 g/mol. The molecular formula is C17H29IN4OS. The van der Waals surface area contributed by atoms with Crippen molar-refractivity contribution in [2.45, 2.75) is 31.6 Å². The van der Waals surface area contributed by atoms with E-state index in [1.165, 1.54) is 19.4 Å². The highest BCUT2D eigenvalue weighted by Gasteiger charge is 2.22. The van der Waals surface area contributed by atoms with E-state index >= 15 is 0 Å². The van der Waals surface area contributed by atoms with Crippen LogP contribution in [0.1, 0.15) is 25.3 Å². The third kappa shape index (κ3) is 7.48. The summed E-state index contributed by atoms with van der Waals surface area (Å²) in [6.45, 7) is 5.77. The van der Waals surface area contributed by atoms with E-state index in [-0.39, 0.29) is 24.0 Å². The van der Waals surface area contributed by atoms with Crippen LogP contribution >= 0.6 is 24.0 Å². The largest absolute Gasteiger partial charge is 0.370 e. The van der Waals surface area contributed by atoms with Crippen LogP contribution in [0, 0.1) is 0 Å². The Morgan fingerprint density at radius 1 is 1.42 bits per heavy atom. The molecule has 0 aliphatic carbocycles. The first kappa shape index (κ1) is 21.4. The van der Waals surface area contributed by atoms with Crippen LogP contribution in [0.4, 0.5) is 0 Å². The molecule has 1 heterocycles. The van der Waals surface area contributed by atoms with Gasteiger partial charge in [-0.15, -0.1) is 24.0 Å². The molecule has 1 aliphatic rings. The van der Waals surface area contributed by atoms with E-state index < -0.39 is 10.8 Å². The average molecular weight is 464 g/mol. The highest BCUT2D eigenvalue weighted by atomic mass is 127. The van der Waals surface area contributed by atoms with Gasteiger partial charge >= 0.3 is 0 Å². The molecule has 24 heavy (non-hydrogen) atoms. The molecule has 0 bridgehead atoms. The first-order valence-corrected chi connectivity index (χ1v) is 9.84. The summed E-state index contributed by atoms with van der Waals surface area (Å²) in [5.74, 6) is 1.63. The predicted octanol–water partition coefficient (Wildman–Crippen LogP) is 1.94. The average Bonchev–Trinajstić information content (AvgIpc) is 3.01. The minimum atomic E-state index is -0.882. The molecule has 0 amide bonds. The zero-order chi connectivity index (χ0) is 16.5. The van der Waals surface area contributed by atoms with Crippen molar-refractivity contribution in [3.63, 3.8) is 0 Å². The highest BCUT2D eigenvalue weighted by Crippen LogP contribution is 2.16. The van der Waals surface area contributed by atoms with Crippen molar-refractivity contribution >= 4 is 40.7 Å². The van der Waals surface area contributed by atoms with E-state index in [0.717, 1.165) is 18.7 Å². The van der Waals surface area contributed by atoms with Crippen molar-refractivity contribution in [2.75, 3.05) is 31.9 Å². The maximum Gasteiger partial charge on any atom is 0.188 e. The van der Waals surface area contributed by atoms with Crippen molar-refractivity contribution < 1.29 is 4.21 Å². The molecule has 2 unspecified atom stereocenters. The van der Waals surface area contributed by atoms with E-state index in [4.69, 9.17) is 5.73 Å². The molecule has 3 N–H and O–H groups in total. The molecule has 2 rings (SSSR count). The Balaban J connectivity index is 0.00000288. The highest BCUT2D eigenvalue weighted by molar-refractivity contribution is 14.0. The summed E-state index contributed by atoms with van der Waals surface area (Å²) in [5, 5.41) is 3.07. The molecule has 5 nitrogen and oxygen atoms in total. The van der Waals surface area contributed by atoms with Gasteiger partial charge in [0.05, 0.1) is 6.54 Å².